The first-order valence-corrected chi connectivity index (χ1v) is 10.3. The van der Waals surface area contributed by atoms with Crippen LogP contribution in [0, 0.1) is 5.92 Å². The molecular formula is C23H28N4O. The van der Waals surface area contributed by atoms with Crippen molar-refractivity contribution in [1.29, 1.82) is 0 Å². The molecule has 5 rings (SSSR count). The molecular weight excluding hydrogens is 348 g/mol. The Morgan fingerprint density at radius 2 is 1.57 bits per heavy atom. The van der Waals surface area contributed by atoms with Crippen LogP contribution in [0.2, 0.25) is 0 Å². The highest BCUT2D eigenvalue weighted by molar-refractivity contribution is 5.70. The number of hydrazone groups is 1. The lowest BCUT2D eigenvalue weighted by atomic mass is 10.0. The SMILES string of the molecule is CN1C[C@H]2CCN(c3ccc(-c4ccc(N5N=CCCC5O)cc4)cc3)[C@H]2C1. The Labute approximate surface area is 166 Å². The summed E-state index contributed by atoms with van der Waals surface area (Å²) in [7, 11) is 2.23. The van der Waals surface area contributed by atoms with Crippen LogP contribution in [-0.4, -0.2) is 55.2 Å². The highest BCUT2D eigenvalue weighted by Crippen LogP contribution is 2.35. The summed E-state index contributed by atoms with van der Waals surface area (Å²) in [6, 6.07) is 18.0. The van der Waals surface area contributed by atoms with Gasteiger partial charge < -0.3 is 14.9 Å². The number of nitrogens with zero attached hydrogens (tertiary/aromatic N) is 4. The number of likely N-dealkylation sites (tertiary alicyclic amines) is 1. The van der Waals surface area contributed by atoms with Crippen LogP contribution < -0.4 is 9.91 Å². The molecule has 3 heterocycles. The van der Waals surface area contributed by atoms with E-state index in [-0.39, 0.29) is 0 Å². The van der Waals surface area contributed by atoms with Crippen LogP contribution in [0.5, 0.6) is 0 Å². The van der Waals surface area contributed by atoms with E-state index in [0.717, 1.165) is 24.4 Å². The Bertz CT molecular complexity index is 848. The van der Waals surface area contributed by atoms with Gasteiger partial charge in [-0.25, -0.2) is 5.01 Å². The summed E-state index contributed by atoms with van der Waals surface area (Å²) in [5.41, 5.74) is 4.68. The fraction of sp³-hybridized carbons (Fsp3) is 0.435. The standard InChI is InChI=1S/C23H28N4O/c1-25-15-19-12-14-26(22(19)16-25)20-8-4-17(5-9-20)18-6-10-21(11-7-18)27-23(28)3-2-13-24-27/h4-11,13,19,22-23,28H,2-3,12,14-16H2,1H3/t19-,22+,23?/m1/s1. The third-order valence-corrected chi connectivity index (χ3v) is 6.44. The number of hydrogen-bond donors (Lipinski definition) is 1. The molecule has 0 radical (unpaired) electrons. The van der Waals surface area contributed by atoms with Crippen molar-refractivity contribution >= 4 is 17.6 Å². The molecule has 28 heavy (non-hydrogen) atoms. The van der Waals surface area contributed by atoms with Gasteiger partial charge in [0.1, 0.15) is 6.23 Å². The highest BCUT2D eigenvalue weighted by atomic mass is 16.3. The summed E-state index contributed by atoms with van der Waals surface area (Å²) in [4.78, 5) is 5.05. The van der Waals surface area contributed by atoms with Crippen molar-refractivity contribution in [2.45, 2.75) is 31.5 Å². The molecule has 0 bridgehead atoms. The summed E-state index contributed by atoms with van der Waals surface area (Å²) < 4.78 is 0. The smallest absolute Gasteiger partial charge is 0.148 e. The van der Waals surface area contributed by atoms with Crippen molar-refractivity contribution < 1.29 is 5.11 Å². The molecule has 5 heteroatoms. The summed E-state index contributed by atoms with van der Waals surface area (Å²) in [6.07, 6.45) is 4.19. The Morgan fingerprint density at radius 1 is 0.893 bits per heavy atom. The van der Waals surface area contributed by atoms with Crippen molar-refractivity contribution in [3.05, 3.63) is 48.5 Å². The van der Waals surface area contributed by atoms with Crippen LogP contribution in [-0.2, 0) is 0 Å². The molecule has 3 aliphatic heterocycles. The molecule has 2 aromatic carbocycles. The van der Waals surface area contributed by atoms with E-state index in [1.165, 1.54) is 42.9 Å². The summed E-state index contributed by atoms with van der Waals surface area (Å²) >= 11 is 0. The van der Waals surface area contributed by atoms with Crippen LogP contribution in [0.15, 0.2) is 53.6 Å². The first kappa shape index (κ1) is 17.7. The Hall–Kier alpha value is -2.37. The van der Waals surface area contributed by atoms with Gasteiger partial charge in [-0.05, 0) is 67.6 Å². The van der Waals surface area contributed by atoms with E-state index in [1.54, 1.807) is 5.01 Å². The summed E-state index contributed by atoms with van der Waals surface area (Å²) in [6.45, 7) is 3.59. The highest BCUT2D eigenvalue weighted by Gasteiger charge is 2.39. The van der Waals surface area contributed by atoms with E-state index in [1.807, 2.05) is 18.3 Å². The third-order valence-electron chi connectivity index (χ3n) is 6.44. The van der Waals surface area contributed by atoms with Crippen molar-refractivity contribution in [2.24, 2.45) is 11.0 Å². The van der Waals surface area contributed by atoms with Gasteiger partial charge in [-0.1, -0.05) is 24.3 Å². The van der Waals surface area contributed by atoms with E-state index < -0.39 is 6.23 Å². The Kier molecular flexibility index (Phi) is 4.57. The minimum Gasteiger partial charge on any atom is -0.372 e. The number of aliphatic hydroxyl groups is 1. The zero-order chi connectivity index (χ0) is 19.1. The molecule has 0 aliphatic carbocycles. The molecule has 0 spiro atoms. The fourth-order valence-corrected chi connectivity index (χ4v) is 4.95. The average Bonchev–Trinajstić information content (AvgIpc) is 3.28. The predicted octanol–water partition coefficient (Wildman–Crippen LogP) is 3.40. The monoisotopic (exact) mass is 376 g/mol. The maximum absolute atomic E-state index is 10.1. The zero-order valence-electron chi connectivity index (χ0n) is 16.4. The number of hydrogen-bond acceptors (Lipinski definition) is 5. The maximum atomic E-state index is 10.1. The molecule has 0 aromatic heterocycles. The second-order valence-electron chi connectivity index (χ2n) is 8.33. The summed E-state index contributed by atoms with van der Waals surface area (Å²) in [5, 5.41) is 16.1. The lowest BCUT2D eigenvalue weighted by molar-refractivity contribution is 0.158. The van der Waals surface area contributed by atoms with Crippen molar-refractivity contribution in [3.8, 4) is 11.1 Å². The fourth-order valence-electron chi connectivity index (χ4n) is 4.95. The molecule has 5 nitrogen and oxygen atoms in total. The Morgan fingerprint density at radius 3 is 2.25 bits per heavy atom. The second-order valence-corrected chi connectivity index (χ2v) is 8.33. The van der Waals surface area contributed by atoms with E-state index >= 15 is 0 Å². The van der Waals surface area contributed by atoms with Gasteiger partial charge in [-0.2, -0.15) is 5.10 Å². The molecule has 3 aliphatic rings. The molecule has 146 valence electrons. The van der Waals surface area contributed by atoms with Crippen LogP contribution in [0.3, 0.4) is 0 Å². The normalized spacial score (nSPS) is 27.4. The van der Waals surface area contributed by atoms with Crippen molar-refractivity contribution in [2.75, 3.05) is 36.6 Å². The Balaban J connectivity index is 1.32. The van der Waals surface area contributed by atoms with Gasteiger partial charge in [0, 0.05) is 37.6 Å². The second kappa shape index (κ2) is 7.22. The van der Waals surface area contributed by atoms with Crippen LogP contribution in [0.4, 0.5) is 11.4 Å². The molecule has 2 fully saturated rings. The molecule has 2 aromatic rings. The average molecular weight is 377 g/mol. The van der Waals surface area contributed by atoms with E-state index in [4.69, 9.17) is 0 Å². The molecule has 0 amide bonds. The van der Waals surface area contributed by atoms with Gasteiger partial charge in [0.25, 0.3) is 0 Å². The van der Waals surface area contributed by atoms with Gasteiger partial charge in [-0.15, -0.1) is 0 Å². The lowest BCUT2D eigenvalue weighted by Gasteiger charge is -2.27. The van der Waals surface area contributed by atoms with Crippen molar-refractivity contribution in [1.82, 2.24) is 4.90 Å². The zero-order valence-corrected chi connectivity index (χ0v) is 16.4. The maximum Gasteiger partial charge on any atom is 0.148 e. The van der Waals surface area contributed by atoms with E-state index in [2.05, 4.69) is 58.3 Å². The van der Waals surface area contributed by atoms with Gasteiger partial charge in [-0.3, -0.25) is 0 Å². The quantitative estimate of drug-likeness (QED) is 0.892. The van der Waals surface area contributed by atoms with Crippen LogP contribution >= 0.6 is 0 Å². The minimum absolute atomic E-state index is 0.533. The lowest BCUT2D eigenvalue weighted by Crippen LogP contribution is -2.34. The number of aliphatic hydroxyl groups excluding tert-OH is 1. The molecule has 2 saturated heterocycles. The molecule has 0 saturated carbocycles. The van der Waals surface area contributed by atoms with Crippen molar-refractivity contribution in [3.63, 3.8) is 0 Å². The third kappa shape index (κ3) is 3.19. The number of likely N-dealkylation sites (N-methyl/N-ethyl adjacent to an activating group) is 1. The van der Waals surface area contributed by atoms with Gasteiger partial charge in [0.15, 0.2) is 0 Å². The van der Waals surface area contributed by atoms with E-state index in [9.17, 15) is 5.11 Å². The van der Waals surface area contributed by atoms with Gasteiger partial charge >= 0.3 is 0 Å². The molecule has 1 N–H and O–H groups in total. The molecule has 3 atom stereocenters. The van der Waals surface area contributed by atoms with Gasteiger partial charge in [0.2, 0.25) is 0 Å². The summed E-state index contributed by atoms with van der Waals surface area (Å²) in [5.74, 6) is 0.824. The predicted molar refractivity (Wildman–Crippen MR) is 115 cm³/mol. The largest absolute Gasteiger partial charge is 0.372 e. The van der Waals surface area contributed by atoms with E-state index in [0.29, 0.717) is 6.04 Å². The number of fused-ring (bicyclic) bond motifs is 1. The number of benzene rings is 2. The minimum atomic E-state index is -0.533. The molecule has 1 unspecified atom stereocenters. The topological polar surface area (TPSA) is 42.3 Å². The first-order valence-electron chi connectivity index (χ1n) is 10.3. The van der Waals surface area contributed by atoms with Crippen LogP contribution in [0.25, 0.3) is 11.1 Å². The number of rotatable bonds is 3. The van der Waals surface area contributed by atoms with Crippen LogP contribution in [0.1, 0.15) is 19.3 Å². The number of anilines is 2. The van der Waals surface area contributed by atoms with Gasteiger partial charge in [0.05, 0.1) is 5.69 Å². The first-order chi connectivity index (χ1) is 13.7.